The number of alkyl carbamates (subject to hydrolysis) is 1. The number of nitrogens with two attached hydrogens (primary N) is 1. The fraction of sp³-hybridized carbons (Fsp3) is 0.346. The van der Waals surface area contributed by atoms with E-state index in [2.05, 4.69) is 15.3 Å². The Hall–Kier alpha value is -3.52. The number of aliphatic hydroxyl groups excluding tert-OH is 1. The molecule has 4 aromatic rings. The lowest BCUT2D eigenvalue weighted by Gasteiger charge is -2.30. The van der Waals surface area contributed by atoms with Gasteiger partial charge < -0.3 is 25.3 Å². The summed E-state index contributed by atoms with van der Waals surface area (Å²) in [5.41, 5.74) is 8.78. The third kappa shape index (κ3) is 7.53. The van der Waals surface area contributed by atoms with Crippen LogP contribution >= 0.6 is 11.3 Å². The minimum atomic E-state index is -4.05. The molecule has 0 spiro atoms. The molecule has 0 radical (unpaired) electrons. The van der Waals surface area contributed by atoms with E-state index < -0.39 is 28.3 Å². The first-order valence-electron chi connectivity index (χ1n) is 12.3. The second-order valence-corrected chi connectivity index (χ2v) is 12.4. The Kier molecular flexibility index (Phi) is 9.17. The number of sulfonamides is 1. The Morgan fingerprint density at radius 2 is 1.97 bits per heavy atom. The Morgan fingerprint density at radius 3 is 2.67 bits per heavy atom. The van der Waals surface area contributed by atoms with Gasteiger partial charge in [0.1, 0.15) is 12.1 Å². The second-order valence-electron chi connectivity index (χ2n) is 9.45. The van der Waals surface area contributed by atoms with Gasteiger partial charge in [0.05, 0.1) is 27.4 Å². The van der Waals surface area contributed by atoms with E-state index in [9.17, 15) is 18.3 Å². The number of aromatic nitrogens is 2. The smallest absolute Gasteiger partial charge is 0.407 e. The molecule has 4 rings (SSSR count). The molecule has 4 N–H and O–H groups in total. The van der Waals surface area contributed by atoms with E-state index in [1.165, 1.54) is 33.8 Å². The molecule has 0 bridgehead atoms. The molecule has 1 amide bonds. The minimum Gasteiger partial charge on any atom is -0.444 e. The van der Waals surface area contributed by atoms with Gasteiger partial charge in [-0.3, -0.25) is 4.98 Å². The SMILES string of the molecule is CC(C)CN(C[C@H](O)[C@@H](Cc1ccccc1)NC(=O)OCc1cncs1)S(=O)(=O)c1ccc2nc(N)oc2c1. The van der Waals surface area contributed by atoms with Crippen molar-refractivity contribution in [1.29, 1.82) is 0 Å². The Labute approximate surface area is 230 Å². The van der Waals surface area contributed by atoms with E-state index in [4.69, 9.17) is 14.9 Å². The molecule has 0 aliphatic carbocycles. The number of fused-ring (bicyclic) bond motifs is 1. The van der Waals surface area contributed by atoms with Crippen LogP contribution in [0, 0.1) is 5.92 Å². The summed E-state index contributed by atoms with van der Waals surface area (Å²) in [7, 11) is -4.05. The van der Waals surface area contributed by atoms with Crippen molar-refractivity contribution in [3.8, 4) is 0 Å². The summed E-state index contributed by atoms with van der Waals surface area (Å²) in [4.78, 5) is 21.3. The number of thiazole rings is 1. The number of anilines is 1. The minimum absolute atomic E-state index is 0.0180. The van der Waals surface area contributed by atoms with Crippen LogP contribution in [0.25, 0.3) is 11.1 Å². The number of nitrogens with zero attached hydrogens (tertiary/aromatic N) is 3. The summed E-state index contributed by atoms with van der Waals surface area (Å²) in [5.74, 6) is -0.0402. The fourth-order valence-electron chi connectivity index (χ4n) is 4.04. The first kappa shape index (κ1) is 28.5. The summed E-state index contributed by atoms with van der Waals surface area (Å²) in [5, 5.41) is 14.0. The van der Waals surface area contributed by atoms with Gasteiger partial charge in [0.2, 0.25) is 10.0 Å². The number of hydrogen-bond acceptors (Lipinski definition) is 10. The summed E-state index contributed by atoms with van der Waals surface area (Å²) in [6.07, 6.45) is -0.112. The van der Waals surface area contributed by atoms with Crippen LogP contribution in [0.2, 0.25) is 0 Å². The molecule has 11 nitrogen and oxygen atoms in total. The van der Waals surface area contributed by atoms with Crippen LogP contribution in [0.5, 0.6) is 0 Å². The number of benzene rings is 2. The van der Waals surface area contributed by atoms with Crippen molar-refractivity contribution in [2.24, 2.45) is 5.92 Å². The normalized spacial score (nSPS) is 13.6. The quantitative estimate of drug-likeness (QED) is 0.231. The Morgan fingerprint density at radius 1 is 1.21 bits per heavy atom. The van der Waals surface area contributed by atoms with E-state index in [1.54, 1.807) is 11.7 Å². The van der Waals surface area contributed by atoms with Gasteiger partial charge in [0.25, 0.3) is 6.01 Å². The van der Waals surface area contributed by atoms with Gasteiger partial charge in [-0.1, -0.05) is 44.2 Å². The van der Waals surface area contributed by atoms with E-state index in [-0.39, 0.29) is 48.5 Å². The number of ether oxygens (including phenoxy) is 1. The average molecular weight is 574 g/mol. The zero-order valence-corrected chi connectivity index (χ0v) is 23.2. The van der Waals surface area contributed by atoms with Crippen molar-refractivity contribution >= 4 is 44.6 Å². The highest BCUT2D eigenvalue weighted by Gasteiger charge is 2.32. The Bertz CT molecular complexity index is 1480. The summed E-state index contributed by atoms with van der Waals surface area (Å²) in [6.45, 7) is 3.68. The van der Waals surface area contributed by atoms with Gasteiger partial charge in [-0.15, -0.1) is 11.3 Å². The highest BCUT2D eigenvalue weighted by atomic mass is 32.2. The third-order valence-corrected chi connectivity index (χ3v) is 8.45. The fourth-order valence-corrected chi connectivity index (χ4v) is 6.18. The van der Waals surface area contributed by atoms with Crippen LogP contribution in [-0.4, -0.2) is 59.1 Å². The molecular formula is C26H31N5O6S2. The summed E-state index contributed by atoms with van der Waals surface area (Å²) < 4.78 is 39.2. The van der Waals surface area contributed by atoms with E-state index in [0.717, 1.165) is 10.4 Å². The number of rotatable bonds is 12. The predicted octanol–water partition coefficient (Wildman–Crippen LogP) is 3.41. The number of nitrogen functional groups attached to an aromatic ring is 1. The molecule has 2 heterocycles. The lowest BCUT2D eigenvalue weighted by Crippen LogP contribution is -2.51. The van der Waals surface area contributed by atoms with Crippen molar-refractivity contribution in [2.45, 2.75) is 43.9 Å². The molecule has 208 valence electrons. The van der Waals surface area contributed by atoms with Crippen LogP contribution < -0.4 is 11.1 Å². The third-order valence-electron chi connectivity index (χ3n) is 5.87. The van der Waals surface area contributed by atoms with Crippen LogP contribution in [0.4, 0.5) is 10.8 Å². The van der Waals surface area contributed by atoms with Gasteiger partial charge >= 0.3 is 6.09 Å². The van der Waals surface area contributed by atoms with Crippen molar-refractivity contribution in [2.75, 3.05) is 18.8 Å². The maximum absolute atomic E-state index is 13.7. The number of hydrogen-bond donors (Lipinski definition) is 3. The highest BCUT2D eigenvalue weighted by molar-refractivity contribution is 7.89. The molecule has 13 heteroatoms. The van der Waals surface area contributed by atoms with Crippen molar-refractivity contribution in [3.05, 3.63) is 70.7 Å². The van der Waals surface area contributed by atoms with Gasteiger partial charge in [-0.2, -0.15) is 9.29 Å². The lowest BCUT2D eigenvalue weighted by atomic mass is 10.0. The first-order chi connectivity index (χ1) is 18.6. The zero-order valence-electron chi connectivity index (χ0n) is 21.6. The topological polar surface area (TPSA) is 161 Å². The summed E-state index contributed by atoms with van der Waals surface area (Å²) >= 11 is 1.35. The zero-order chi connectivity index (χ0) is 28.0. The molecule has 0 saturated carbocycles. The summed E-state index contributed by atoms with van der Waals surface area (Å²) in [6, 6.07) is 12.7. The van der Waals surface area contributed by atoms with Gasteiger partial charge in [-0.25, -0.2) is 13.2 Å². The first-order valence-corrected chi connectivity index (χ1v) is 14.6. The molecule has 0 saturated heterocycles. The molecule has 2 aromatic heterocycles. The standard InChI is InChI=1S/C26H31N5O6S2/c1-17(2)13-31(39(34,35)20-8-9-21-24(11-20)37-25(27)29-21)14-23(32)22(10-18-6-4-3-5-7-18)30-26(33)36-15-19-12-28-16-38-19/h3-9,11-12,16-17,22-23,32H,10,13-15H2,1-2H3,(H2,27,29)(H,30,33)/t22-,23+/m1/s1. The second kappa shape index (κ2) is 12.6. The molecule has 2 atom stereocenters. The average Bonchev–Trinajstić information content (AvgIpc) is 3.55. The van der Waals surface area contributed by atoms with Crippen LogP contribution in [0.1, 0.15) is 24.3 Å². The number of nitrogens with one attached hydrogen (secondary N) is 1. The lowest BCUT2D eigenvalue weighted by molar-refractivity contribution is 0.0876. The maximum Gasteiger partial charge on any atom is 0.407 e. The molecule has 0 aliphatic rings. The molecule has 39 heavy (non-hydrogen) atoms. The van der Waals surface area contributed by atoms with Crippen molar-refractivity contribution in [3.63, 3.8) is 0 Å². The van der Waals surface area contributed by atoms with E-state index in [0.29, 0.717) is 5.52 Å². The largest absolute Gasteiger partial charge is 0.444 e. The van der Waals surface area contributed by atoms with Gasteiger partial charge in [0, 0.05) is 25.4 Å². The van der Waals surface area contributed by atoms with E-state index >= 15 is 0 Å². The van der Waals surface area contributed by atoms with Gasteiger partial charge in [-0.05, 0) is 30.0 Å². The number of amides is 1. The molecule has 2 aromatic carbocycles. The van der Waals surface area contributed by atoms with Crippen molar-refractivity contribution in [1.82, 2.24) is 19.6 Å². The van der Waals surface area contributed by atoms with Crippen LogP contribution in [-0.2, 0) is 27.8 Å². The maximum atomic E-state index is 13.7. The Balaban J connectivity index is 1.55. The number of oxazole rings is 1. The highest BCUT2D eigenvalue weighted by Crippen LogP contribution is 2.25. The monoisotopic (exact) mass is 573 g/mol. The predicted molar refractivity (Wildman–Crippen MR) is 147 cm³/mol. The molecular weight excluding hydrogens is 542 g/mol. The van der Waals surface area contributed by atoms with Crippen molar-refractivity contribution < 1.29 is 27.5 Å². The van der Waals surface area contributed by atoms with Crippen LogP contribution in [0.3, 0.4) is 0 Å². The molecule has 0 fully saturated rings. The van der Waals surface area contributed by atoms with Crippen LogP contribution in [0.15, 0.2) is 69.6 Å². The number of carbonyl (C=O) groups excluding carboxylic acids is 1. The molecule has 0 unspecified atom stereocenters. The number of aliphatic hydroxyl groups is 1. The van der Waals surface area contributed by atoms with E-state index in [1.807, 2.05) is 44.2 Å². The number of carbonyl (C=O) groups is 1. The van der Waals surface area contributed by atoms with Gasteiger partial charge in [0.15, 0.2) is 5.58 Å². The molecule has 0 aliphatic heterocycles.